The predicted octanol–water partition coefficient (Wildman–Crippen LogP) is 0.437. The molecule has 90 valence electrons. The first-order valence-electron chi connectivity index (χ1n) is 5.63. The summed E-state index contributed by atoms with van der Waals surface area (Å²) in [5.41, 5.74) is 0. The number of rotatable bonds is 6. The van der Waals surface area contributed by atoms with Crippen molar-refractivity contribution in [2.45, 2.75) is 19.8 Å². The van der Waals surface area contributed by atoms with Gasteiger partial charge in [0.15, 0.2) is 9.84 Å². The van der Waals surface area contributed by atoms with Crippen LogP contribution in [0.3, 0.4) is 0 Å². The van der Waals surface area contributed by atoms with Crippen LogP contribution in [0.25, 0.3) is 0 Å². The van der Waals surface area contributed by atoms with Crippen LogP contribution in [0.5, 0.6) is 0 Å². The van der Waals surface area contributed by atoms with Gasteiger partial charge < -0.3 is 10.1 Å². The molecule has 0 aliphatic carbocycles. The molecule has 1 heterocycles. The van der Waals surface area contributed by atoms with Gasteiger partial charge in [0.1, 0.15) is 0 Å². The fourth-order valence-corrected chi connectivity index (χ4v) is 2.31. The van der Waals surface area contributed by atoms with Crippen LogP contribution in [0.1, 0.15) is 19.8 Å². The van der Waals surface area contributed by atoms with E-state index in [0.717, 1.165) is 13.1 Å². The average molecular weight is 235 g/mol. The molecule has 1 aliphatic heterocycles. The highest BCUT2D eigenvalue weighted by molar-refractivity contribution is 7.91. The SMILES string of the molecule is CCS(=O)(=O)CCOCC1CCCNC1. The number of hydrogen-bond acceptors (Lipinski definition) is 4. The van der Waals surface area contributed by atoms with Crippen LogP contribution in [-0.4, -0.2) is 46.2 Å². The minimum atomic E-state index is -2.86. The molecule has 0 aromatic rings. The summed E-state index contributed by atoms with van der Waals surface area (Å²) in [6, 6.07) is 0. The molecule has 1 aliphatic rings. The summed E-state index contributed by atoms with van der Waals surface area (Å²) >= 11 is 0. The zero-order valence-electron chi connectivity index (χ0n) is 9.37. The first-order chi connectivity index (χ1) is 7.14. The monoisotopic (exact) mass is 235 g/mol. The smallest absolute Gasteiger partial charge is 0.152 e. The van der Waals surface area contributed by atoms with E-state index in [1.165, 1.54) is 12.8 Å². The quantitative estimate of drug-likeness (QED) is 0.679. The van der Waals surface area contributed by atoms with Crippen molar-refractivity contribution in [2.75, 3.05) is 37.8 Å². The lowest BCUT2D eigenvalue weighted by Gasteiger charge is -2.22. The fourth-order valence-electron chi connectivity index (χ4n) is 1.65. The summed E-state index contributed by atoms with van der Waals surface area (Å²) in [4.78, 5) is 0. The molecule has 0 amide bonds. The van der Waals surface area contributed by atoms with Gasteiger partial charge in [0.2, 0.25) is 0 Å². The number of ether oxygens (including phenoxy) is 1. The highest BCUT2D eigenvalue weighted by Gasteiger charge is 2.13. The van der Waals surface area contributed by atoms with Gasteiger partial charge in [0.25, 0.3) is 0 Å². The van der Waals surface area contributed by atoms with Gasteiger partial charge in [-0.05, 0) is 25.3 Å². The Labute approximate surface area is 92.3 Å². The minimum absolute atomic E-state index is 0.156. The summed E-state index contributed by atoms with van der Waals surface area (Å²) in [5, 5.41) is 3.30. The fraction of sp³-hybridized carbons (Fsp3) is 1.00. The van der Waals surface area contributed by atoms with Crippen molar-refractivity contribution >= 4 is 9.84 Å². The number of nitrogens with one attached hydrogen (secondary N) is 1. The molecule has 15 heavy (non-hydrogen) atoms. The van der Waals surface area contributed by atoms with Crippen molar-refractivity contribution in [3.05, 3.63) is 0 Å². The standard InChI is InChI=1S/C10H21NO3S/c1-2-15(12,13)7-6-14-9-10-4-3-5-11-8-10/h10-11H,2-9H2,1H3. The summed E-state index contributed by atoms with van der Waals surface area (Å²) in [5.74, 6) is 0.924. The first kappa shape index (κ1) is 12.9. The van der Waals surface area contributed by atoms with Crippen molar-refractivity contribution in [1.82, 2.24) is 5.32 Å². The molecule has 0 radical (unpaired) electrons. The molecule has 0 saturated carbocycles. The Balaban J connectivity index is 2.06. The van der Waals surface area contributed by atoms with Gasteiger partial charge in [-0.15, -0.1) is 0 Å². The third-order valence-electron chi connectivity index (χ3n) is 2.73. The Hall–Kier alpha value is -0.130. The van der Waals surface area contributed by atoms with Gasteiger partial charge >= 0.3 is 0 Å². The van der Waals surface area contributed by atoms with Crippen molar-refractivity contribution in [3.8, 4) is 0 Å². The zero-order chi connectivity index (χ0) is 11.1. The minimum Gasteiger partial charge on any atom is -0.380 e. The molecule has 0 spiro atoms. The molecule has 0 aromatic carbocycles. The van der Waals surface area contributed by atoms with E-state index in [4.69, 9.17) is 4.74 Å². The molecule has 0 bridgehead atoms. The van der Waals surface area contributed by atoms with Crippen LogP contribution in [0.15, 0.2) is 0 Å². The van der Waals surface area contributed by atoms with Crippen LogP contribution in [-0.2, 0) is 14.6 Å². The summed E-state index contributed by atoms with van der Waals surface area (Å²) in [6.45, 7) is 4.79. The van der Waals surface area contributed by atoms with Crippen LogP contribution < -0.4 is 5.32 Å². The lowest BCUT2D eigenvalue weighted by Crippen LogP contribution is -2.32. The molecule has 1 unspecified atom stereocenters. The maximum atomic E-state index is 11.2. The van der Waals surface area contributed by atoms with Crippen molar-refractivity contribution in [3.63, 3.8) is 0 Å². The Morgan fingerprint density at radius 3 is 2.87 bits per heavy atom. The van der Waals surface area contributed by atoms with Gasteiger partial charge in [0.05, 0.1) is 19.0 Å². The summed E-state index contributed by atoms with van der Waals surface area (Å²) in [7, 11) is -2.86. The van der Waals surface area contributed by atoms with Crippen LogP contribution in [0.2, 0.25) is 0 Å². The molecular weight excluding hydrogens is 214 g/mol. The van der Waals surface area contributed by atoms with E-state index in [-0.39, 0.29) is 11.5 Å². The van der Waals surface area contributed by atoms with E-state index < -0.39 is 9.84 Å². The van der Waals surface area contributed by atoms with Crippen molar-refractivity contribution in [2.24, 2.45) is 5.92 Å². The molecule has 1 rings (SSSR count). The average Bonchev–Trinajstić information content (AvgIpc) is 2.26. The van der Waals surface area contributed by atoms with Gasteiger partial charge in [-0.1, -0.05) is 6.92 Å². The third kappa shape index (κ3) is 5.49. The second kappa shape index (κ2) is 6.45. The third-order valence-corrected chi connectivity index (χ3v) is 4.40. The topological polar surface area (TPSA) is 55.4 Å². The lowest BCUT2D eigenvalue weighted by atomic mass is 10.0. The molecule has 1 saturated heterocycles. The highest BCUT2D eigenvalue weighted by atomic mass is 32.2. The van der Waals surface area contributed by atoms with E-state index in [2.05, 4.69) is 5.32 Å². The largest absolute Gasteiger partial charge is 0.380 e. The van der Waals surface area contributed by atoms with E-state index in [9.17, 15) is 8.42 Å². The Morgan fingerprint density at radius 1 is 1.47 bits per heavy atom. The Kier molecular flexibility index (Phi) is 5.56. The van der Waals surface area contributed by atoms with Gasteiger partial charge in [0, 0.05) is 12.3 Å². The van der Waals surface area contributed by atoms with Crippen molar-refractivity contribution in [1.29, 1.82) is 0 Å². The van der Waals surface area contributed by atoms with E-state index in [1.54, 1.807) is 6.92 Å². The number of hydrogen-bond donors (Lipinski definition) is 1. The predicted molar refractivity (Wildman–Crippen MR) is 60.7 cm³/mol. The van der Waals surface area contributed by atoms with Crippen LogP contribution in [0, 0.1) is 5.92 Å². The lowest BCUT2D eigenvalue weighted by molar-refractivity contribution is 0.101. The Bertz CT molecular complexity index is 258. The van der Waals surface area contributed by atoms with Gasteiger partial charge in [-0.3, -0.25) is 0 Å². The summed E-state index contributed by atoms with van der Waals surface area (Å²) < 4.78 is 27.7. The Morgan fingerprint density at radius 2 is 2.27 bits per heavy atom. The molecule has 1 fully saturated rings. The highest BCUT2D eigenvalue weighted by Crippen LogP contribution is 2.09. The molecule has 1 atom stereocenters. The van der Waals surface area contributed by atoms with Crippen molar-refractivity contribution < 1.29 is 13.2 Å². The molecule has 5 heteroatoms. The molecule has 0 aromatic heterocycles. The molecule has 4 nitrogen and oxygen atoms in total. The normalized spacial score (nSPS) is 22.9. The maximum absolute atomic E-state index is 11.2. The van der Waals surface area contributed by atoms with E-state index >= 15 is 0 Å². The second-order valence-electron chi connectivity index (χ2n) is 4.02. The van der Waals surface area contributed by atoms with Crippen LogP contribution in [0.4, 0.5) is 0 Å². The van der Waals surface area contributed by atoms with Gasteiger partial charge in [-0.25, -0.2) is 8.42 Å². The second-order valence-corrected chi connectivity index (χ2v) is 6.50. The first-order valence-corrected chi connectivity index (χ1v) is 7.45. The maximum Gasteiger partial charge on any atom is 0.152 e. The van der Waals surface area contributed by atoms with E-state index in [0.29, 0.717) is 19.1 Å². The van der Waals surface area contributed by atoms with Gasteiger partial charge in [-0.2, -0.15) is 0 Å². The van der Waals surface area contributed by atoms with Crippen LogP contribution >= 0.6 is 0 Å². The molecule has 1 N–H and O–H groups in total. The summed E-state index contributed by atoms with van der Waals surface area (Å²) in [6.07, 6.45) is 2.38. The molecular formula is C10H21NO3S. The number of piperidine rings is 1. The number of sulfone groups is 1. The van der Waals surface area contributed by atoms with E-state index in [1.807, 2.05) is 0 Å². The zero-order valence-corrected chi connectivity index (χ0v) is 10.2.